The van der Waals surface area contributed by atoms with Gasteiger partial charge in [-0.1, -0.05) is 26.7 Å². The number of rotatable bonds is 6. The van der Waals surface area contributed by atoms with Gasteiger partial charge in [0.05, 0.1) is 0 Å². The summed E-state index contributed by atoms with van der Waals surface area (Å²) in [5.41, 5.74) is 0. The van der Waals surface area contributed by atoms with Crippen molar-refractivity contribution in [1.29, 1.82) is 0 Å². The van der Waals surface area contributed by atoms with Gasteiger partial charge in [-0.3, -0.25) is 0 Å². The second-order valence-electron chi connectivity index (χ2n) is 2.58. The van der Waals surface area contributed by atoms with E-state index in [2.05, 4.69) is 19.2 Å². The predicted molar refractivity (Wildman–Crippen MR) is 42.9 cm³/mol. The van der Waals surface area contributed by atoms with Gasteiger partial charge in [0.25, 0.3) is 0 Å². The lowest BCUT2D eigenvalue weighted by Crippen LogP contribution is -2.24. The van der Waals surface area contributed by atoms with E-state index in [0.29, 0.717) is 6.54 Å². The van der Waals surface area contributed by atoms with Crippen molar-refractivity contribution >= 4 is 0 Å². The first-order valence-corrected chi connectivity index (χ1v) is 4.11. The molecule has 0 bridgehead atoms. The van der Waals surface area contributed by atoms with E-state index in [1.54, 1.807) is 0 Å². The summed E-state index contributed by atoms with van der Waals surface area (Å²) >= 11 is 0. The minimum Gasteiger partial charge on any atom is -0.314 e. The molecule has 0 aromatic carbocycles. The van der Waals surface area contributed by atoms with Gasteiger partial charge in [-0.2, -0.15) is 0 Å². The fourth-order valence-corrected chi connectivity index (χ4v) is 0.950. The second-order valence-corrected chi connectivity index (χ2v) is 2.58. The molecule has 0 unspecified atom stereocenters. The highest BCUT2D eigenvalue weighted by Gasteiger charge is 2.00. The molecule has 0 aliphatic carbocycles. The zero-order valence-corrected chi connectivity index (χ0v) is 6.99. The van der Waals surface area contributed by atoms with Crippen molar-refractivity contribution in [3.63, 3.8) is 0 Å². The van der Waals surface area contributed by atoms with Gasteiger partial charge in [0.1, 0.15) is 6.67 Å². The van der Waals surface area contributed by atoms with Crippen LogP contribution < -0.4 is 5.32 Å². The molecule has 0 saturated heterocycles. The van der Waals surface area contributed by atoms with Gasteiger partial charge in [0.2, 0.25) is 0 Å². The van der Waals surface area contributed by atoms with E-state index in [1.165, 1.54) is 12.8 Å². The minimum atomic E-state index is -0.250. The summed E-state index contributed by atoms with van der Waals surface area (Å²) in [5, 5.41) is 3.06. The summed E-state index contributed by atoms with van der Waals surface area (Å²) in [4.78, 5) is 0. The van der Waals surface area contributed by atoms with Crippen LogP contribution in [0, 0.1) is 5.92 Å². The summed E-state index contributed by atoms with van der Waals surface area (Å²) in [6.45, 7) is 5.57. The van der Waals surface area contributed by atoms with Crippen molar-refractivity contribution in [2.45, 2.75) is 26.7 Å². The Morgan fingerprint density at radius 2 is 1.90 bits per heavy atom. The maximum atomic E-state index is 11.6. The Kier molecular flexibility index (Phi) is 6.93. The van der Waals surface area contributed by atoms with Crippen LogP contribution in [0.1, 0.15) is 26.7 Å². The summed E-state index contributed by atoms with van der Waals surface area (Å²) in [6.07, 6.45) is 2.38. The molecule has 0 radical (unpaired) electrons. The van der Waals surface area contributed by atoms with Gasteiger partial charge in [0, 0.05) is 6.54 Å². The smallest absolute Gasteiger partial charge is 0.102 e. The van der Waals surface area contributed by atoms with Gasteiger partial charge in [0.15, 0.2) is 0 Å². The molecule has 0 aromatic rings. The van der Waals surface area contributed by atoms with Gasteiger partial charge in [-0.05, 0) is 12.5 Å². The number of halogens is 1. The summed E-state index contributed by atoms with van der Waals surface area (Å²) in [7, 11) is 0. The third-order valence-electron chi connectivity index (χ3n) is 1.86. The largest absolute Gasteiger partial charge is 0.314 e. The minimum absolute atomic E-state index is 0.250. The van der Waals surface area contributed by atoms with Crippen LogP contribution in [-0.4, -0.2) is 19.8 Å². The van der Waals surface area contributed by atoms with Crippen LogP contribution >= 0.6 is 0 Å². The number of nitrogens with one attached hydrogen (secondary N) is 1. The molecule has 0 amide bonds. The van der Waals surface area contributed by atoms with Crippen molar-refractivity contribution in [1.82, 2.24) is 5.32 Å². The van der Waals surface area contributed by atoms with Crippen molar-refractivity contribution in [2.75, 3.05) is 19.8 Å². The lowest BCUT2D eigenvalue weighted by atomic mass is 10.0. The maximum absolute atomic E-state index is 11.6. The fraction of sp³-hybridized carbons (Fsp3) is 1.00. The highest BCUT2D eigenvalue weighted by Crippen LogP contribution is 2.04. The molecule has 0 aromatic heterocycles. The average Bonchev–Trinajstić information content (AvgIpc) is 1.99. The zero-order chi connectivity index (χ0) is 7.82. The lowest BCUT2D eigenvalue weighted by molar-refractivity contribution is 0.414. The molecule has 62 valence electrons. The molecule has 0 aliphatic rings. The van der Waals surface area contributed by atoms with E-state index in [-0.39, 0.29) is 6.67 Å². The Bertz CT molecular complexity index is 62.3. The van der Waals surface area contributed by atoms with Crippen molar-refractivity contribution in [2.24, 2.45) is 5.92 Å². The second kappa shape index (κ2) is 7.00. The van der Waals surface area contributed by atoms with Crippen LogP contribution in [0.25, 0.3) is 0 Å². The van der Waals surface area contributed by atoms with Gasteiger partial charge >= 0.3 is 0 Å². The quantitative estimate of drug-likeness (QED) is 0.566. The van der Waals surface area contributed by atoms with Crippen LogP contribution in [0.2, 0.25) is 0 Å². The van der Waals surface area contributed by atoms with E-state index in [4.69, 9.17) is 0 Å². The lowest BCUT2D eigenvalue weighted by Gasteiger charge is -2.11. The summed E-state index contributed by atoms with van der Waals surface area (Å²) in [5.74, 6) is 0.728. The topological polar surface area (TPSA) is 12.0 Å². The standard InChI is InChI=1S/C8H18FN/c1-3-8(4-2)7-10-6-5-9/h8,10H,3-7H2,1-2H3. The van der Waals surface area contributed by atoms with E-state index < -0.39 is 0 Å². The van der Waals surface area contributed by atoms with Crippen LogP contribution in [0.15, 0.2) is 0 Å². The average molecular weight is 147 g/mol. The zero-order valence-electron chi connectivity index (χ0n) is 6.99. The third kappa shape index (κ3) is 4.74. The Morgan fingerprint density at radius 3 is 2.30 bits per heavy atom. The molecule has 1 N–H and O–H groups in total. The number of hydrogen-bond acceptors (Lipinski definition) is 1. The fourth-order valence-electron chi connectivity index (χ4n) is 0.950. The molecule has 0 saturated carbocycles. The van der Waals surface area contributed by atoms with Crippen LogP contribution in [0.4, 0.5) is 4.39 Å². The van der Waals surface area contributed by atoms with Crippen molar-refractivity contribution < 1.29 is 4.39 Å². The molecular formula is C8H18FN. The molecule has 0 heterocycles. The van der Waals surface area contributed by atoms with Gasteiger partial charge < -0.3 is 5.32 Å². The molecule has 1 nitrogen and oxygen atoms in total. The Hall–Kier alpha value is -0.110. The summed E-state index contributed by atoms with van der Waals surface area (Å²) < 4.78 is 11.6. The molecule has 2 heteroatoms. The SMILES string of the molecule is CCC(CC)CNCCF. The highest BCUT2D eigenvalue weighted by molar-refractivity contribution is 4.57. The normalized spacial score (nSPS) is 10.8. The number of alkyl halides is 1. The molecule has 0 spiro atoms. The van der Waals surface area contributed by atoms with Crippen molar-refractivity contribution in [3.8, 4) is 0 Å². The molecule has 0 rings (SSSR count). The van der Waals surface area contributed by atoms with Crippen LogP contribution in [0.3, 0.4) is 0 Å². The third-order valence-corrected chi connectivity index (χ3v) is 1.86. The summed E-state index contributed by atoms with van der Waals surface area (Å²) in [6, 6.07) is 0. The first-order chi connectivity index (χ1) is 4.85. The van der Waals surface area contributed by atoms with E-state index >= 15 is 0 Å². The van der Waals surface area contributed by atoms with E-state index in [9.17, 15) is 4.39 Å². The molecule has 0 aliphatic heterocycles. The van der Waals surface area contributed by atoms with Gasteiger partial charge in [-0.25, -0.2) is 4.39 Å². The van der Waals surface area contributed by atoms with Crippen molar-refractivity contribution in [3.05, 3.63) is 0 Å². The predicted octanol–water partition coefficient (Wildman–Crippen LogP) is 1.98. The van der Waals surface area contributed by atoms with E-state index in [0.717, 1.165) is 12.5 Å². The Labute approximate surface area is 63.0 Å². The number of hydrogen-bond donors (Lipinski definition) is 1. The molecular weight excluding hydrogens is 129 g/mol. The van der Waals surface area contributed by atoms with Crippen LogP contribution in [0.5, 0.6) is 0 Å². The van der Waals surface area contributed by atoms with Gasteiger partial charge in [-0.15, -0.1) is 0 Å². The monoisotopic (exact) mass is 147 g/mol. The Morgan fingerprint density at radius 1 is 1.30 bits per heavy atom. The first-order valence-electron chi connectivity index (χ1n) is 4.11. The molecule has 0 fully saturated rings. The maximum Gasteiger partial charge on any atom is 0.102 e. The van der Waals surface area contributed by atoms with Crippen LogP contribution in [-0.2, 0) is 0 Å². The Balaban J connectivity index is 3.09. The highest BCUT2D eigenvalue weighted by atomic mass is 19.1. The van der Waals surface area contributed by atoms with E-state index in [1.807, 2.05) is 0 Å². The molecule has 0 atom stereocenters. The first kappa shape index (κ1) is 9.89. The molecule has 10 heavy (non-hydrogen) atoms.